The Morgan fingerprint density at radius 1 is 1.37 bits per heavy atom. The Kier molecular flexibility index (Phi) is 5.01. The first-order valence-corrected chi connectivity index (χ1v) is 8.08. The highest BCUT2D eigenvalue weighted by atomic mass is 79.9. The van der Waals surface area contributed by atoms with E-state index in [-0.39, 0.29) is 11.9 Å². The van der Waals surface area contributed by atoms with E-state index in [9.17, 15) is 9.18 Å². The summed E-state index contributed by atoms with van der Waals surface area (Å²) in [6.45, 7) is 0. The summed E-state index contributed by atoms with van der Waals surface area (Å²) in [4.78, 5) is 14.4. The van der Waals surface area contributed by atoms with Gasteiger partial charge >= 0.3 is 0 Å². The third-order valence-electron chi connectivity index (χ3n) is 3.63. The van der Waals surface area contributed by atoms with Gasteiger partial charge in [0.05, 0.1) is 4.47 Å². The third kappa shape index (κ3) is 3.37. The molecular weight excluding hydrogens is 377 g/mol. The van der Waals surface area contributed by atoms with Crippen LogP contribution < -0.4 is 0 Å². The number of benzene rings is 1. The zero-order chi connectivity index (χ0) is 14.0. The maximum Gasteiger partial charge on any atom is 0.253 e. The van der Waals surface area contributed by atoms with Crippen molar-refractivity contribution in [2.45, 2.75) is 36.6 Å². The molecule has 1 aromatic carbocycles. The summed E-state index contributed by atoms with van der Waals surface area (Å²) in [6, 6.07) is 4.70. The zero-order valence-corrected chi connectivity index (χ0v) is 13.9. The molecule has 104 valence electrons. The average Bonchev–Trinajstić information content (AvgIpc) is 2.41. The second kappa shape index (κ2) is 6.35. The van der Waals surface area contributed by atoms with E-state index < -0.39 is 5.82 Å². The molecule has 1 amide bonds. The van der Waals surface area contributed by atoms with Crippen molar-refractivity contribution < 1.29 is 9.18 Å². The van der Waals surface area contributed by atoms with Crippen LogP contribution in [0.3, 0.4) is 0 Å². The molecule has 0 spiro atoms. The van der Waals surface area contributed by atoms with Crippen LogP contribution in [0.1, 0.15) is 36.0 Å². The molecule has 5 heteroatoms. The molecule has 0 radical (unpaired) electrons. The van der Waals surface area contributed by atoms with E-state index in [0.717, 1.165) is 19.3 Å². The van der Waals surface area contributed by atoms with Crippen molar-refractivity contribution in [3.8, 4) is 0 Å². The van der Waals surface area contributed by atoms with Gasteiger partial charge in [0.25, 0.3) is 5.91 Å². The first-order chi connectivity index (χ1) is 9.00. The molecule has 1 aliphatic carbocycles. The van der Waals surface area contributed by atoms with Crippen LogP contribution in [0.4, 0.5) is 4.39 Å². The van der Waals surface area contributed by atoms with E-state index in [2.05, 4.69) is 31.9 Å². The molecule has 1 fully saturated rings. The molecule has 2 unspecified atom stereocenters. The van der Waals surface area contributed by atoms with E-state index >= 15 is 0 Å². The Bertz CT molecular complexity index is 481. The van der Waals surface area contributed by atoms with Gasteiger partial charge in [-0.15, -0.1) is 0 Å². The molecule has 0 saturated heterocycles. The Hall–Kier alpha value is -0.420. The van der Waals surface area contributed by atoms with Gasteiger partial charge in [0.1, 0.15) is 5.82 Å². The quantitative estimate of drug-likeness (QED) is 0.684. The molecule has 0 aromatic heterocycles. The SMILES string of the molecule is CN(C(=O)c1ccc(Br)c(F)c1)C1CCCCC1Br. The van der Waals surface area contributed by atoms with Crippen LogP contribution >= 0.6 is 31.9 Å². The van der Waals surface area contributed by atoms with Crippen LogP contribution in [-0.2, 0) is 0 Å². The average molecular weight is 393 g/mol. The molecule has 0 N–H and O–H groups in total. The fourth-order valence-electron chi connectivity index (χ4n) is 2.49. The Labute approximate surface area is 129 Å². The fraction of sp³-hybridized carbons (Fsp3) is 0.500. The summed E-state index contributed by atoms with van der Waals surface area (Å²) in [7, 11) is 1.80. The van der Waals surface area contributed by atoms with Crippen LogP contribution in [0, 0.1) is 5.82 Å². The number of carbonyl (C=O) groups is 1. The number of halogens is 3. The number of amides is 1. The molecule has 1 saturated carbocycles. The highest BCUT2D eigenvalue weighted by molar-refractivity contribution is 9.10. The minimum Gasteiger partial charge on any atom is -0.338 e. The number of nitrogens with zero attached hydrogens (tertiary/aromatic N) is 1. The lowest BCUT2D eigenvalue weighted by molar-refractivity contribution is 0.0704. The molecule has 0 bridgehead atoms. The van der Waals surface area contributed by atoms with Crippen LogP contribution in [0.15, 0.2) is 22.7 Å². The monoisotopic (exact) mass is 391 g/mol. The van der Waals surface area contributed by atoms with Crippen molar-refractivity contribution in [2.24, 2.45) is 0 Å². The van der Waals surface area contributed by atoms with E-state index in [1.807, 2.05) is 0 Å². The molecular formula is C14H16Br2FNO. The Morgan fingerprint density at radius 3 is 2.68 bits per heavy atom. The molecule has 2 rings (SSSR count). The predicted octanol–water partition coefficient (Wildman–Crippen LogP) is 4.37. The lowest BCUT2D eigenvalue weighted by Crippen LogP contribution is -2.44. The predicted molar refractivity (Wildman–Crippen MR) is 81.2 cm³/mol. The second-order valence-corrected chi connectivity index (χ2v) is 6.94. The largest absolute Gasteiger partial charge is 0.338 e. The van der Waals surface area contributed by atoms with Crippen molar-refractivity contribution in [2.75, 3.05) is 7.05 Å². The van der Waals surface area contributed by atoms with Crippen LogP contribution in [0.5, 0.6) is 0 Å². The van der Waals surface area contributed by atoms with Crippen LogP contribution in [0.25, 0.3) is 0 Å². The van der Waals surface area contributed by atoms with Gasteiger partial charge in [-0.25, -0.2) is 4.39 Å². The normalized spacial score (nSPS) is 23.2. The van der Waals surface area contributed by atoms with E-state index in [0.29, 0.717) is 14.9 Å². The van der Waals surface area contributed by atoms with Gasteiger partial charge in [-0.05, 0) is 47.0 Å². The molecule has 19 heavy (non-hydrogen) atoms. The molecule has 2 atom stereocenters. The molecule has 1 aliphatic rings. The van der Waals surface area contributed by atoms with Crippen molar-refractivity contribution in [1.29, 1.82) is 0 Å². The van der Waals surface area contributed by atoms with Gasteiger partial charge in [0.2, 0.25) is 0 Å². The van der Waals surface area contributed by atoms with Crippen molar-refractivity contribution in [3.63, 3.8) is 0 Å². The smallest absolute Gasteiger partial charge is 0.253 e. The maximum absolute atomic E-state index is 13.5. The van der Waals surface area contributed by atoms with Gasteiger partial charge in [0, 0.05) is 23.5 Å². The molecule has 1 aromatic rings. The number of rotatable bonds is 2. The maximum atomic E-state index is 13.5. The lowest BCUT2D eigenvalue weighted by Gasteiger charge is -2.35. The zero-order valence-electron chi connectivity index (χ0n) is 10.7. The third-order valence-corrected chi connectivity index (χ3v) is 5.34. The number of hydrogen-bond donors (Lipinski definition) is 0. The second-order valence-electron chi connectivity index (χ2n) is 4.91. The molecule has 2 nitrogen and oxygen atoms in total. The minimum atomic E-state index is -0.404. The molecule has 0 aliphatic heterocycles. The Morgan fingerprint density at radius 2 is 2.05 bits per heavy atom. The number of hydrogen-bond acceptors (Lipinski definition) is 1. The van der Waals surface area contributed by atoms with E-state index in [4.69, 9.17) is 0 Å². The van der Waals surface area contributed by atoms with Crippen molar-refractivity contribution >= 4 is 37.8 Å². The summed E-state index contributed by atoms with van der Waals surface area (Å²) in [5, 5.41) is 0. The highest BCUT2D eigenvalue weighted by Crippen LogP contribution is 2.29. The lowest BCUT2D eigenvalue weighted by atomic mass is 9.94. The first kappa shape index (κ1) is 15.0. The van der Waals surface area contributed by atoms with Crippen molar-refractivity contribution in [3.05, 3.63) is 34.1 Å². The van der Waals surface area contributed by atoms with Gasteiger partial charge in [-0.2, -0.15) is 0 Å². The summed E-state index contributed by atoms with van der Waals surface area (Å²) in [5.41, 5.74) is 0.397. The van der Waals surface area contributed by atoms with E-state index in [1.165, 1.54) is 12.5 Å². The summed E-state index contributed by atoms with van der Waals surface area (Å²) in [6.07, 6.45) is 4.41. The first-order valence-electron chi connectivity index (χ1n) is 6.37. The minimum absolute atomic E-state index is 0.122. The van der Waals surface area contributed by atoms with Gasteiger partial charge < -0.3 is 4.90 Å². The highest BCUT2D eigenvalue weighted by Gasteiger charge is 2.29. The Balaban J connectivity index is 2.15. The topological polar surface area (TPSA) is 20.3 Å². The number of carbonyl (C=O) groups excluding carboxylic acids is 1. The molecule has 0 heterocycles. The fourth-order valence-corrected chi connectivity index (χ4v) is 3.68. The van der Waals surface area contributed by atoms with Gasteiger partial charge in [-0.1, -0.05) is 28.8 Å². The van der Waals surface area contributed by atoms with E-state index in [1.54, 1.807) is 24.1 Å². The van der Waals surface area contributed by atoms with Crippen LogP contribution in [0.2, 0.25) is 0 Å². The summed E-state index contributed by atoms with van der Waals surface area (Å²) >= 11 is 6.74. The summed E-state index contributed by atoms with van der Waals surface area (Å²) < 4.78 is 13.9. The standard InChI is InChI=1S/C14H16Br2FNO/c1-18(13-5-3-2-4-11(13)16)14(19)9-6-7-10(15)12(17)8-9/h6-8,11,13H,2-5H2,1H3. The summed E-state index contributed by atoms with van der Waals surface area (Å²) in [5.74, 6) is -0.527. The number of alkyl halides is 1. The van der Waals surface area contributed by atoms with Crippen LogP contribution in [-0.4, -0.2) is 28.7 Å². The van der Waals surface area contributed by atoms with Gasteiger partial charge in [-0.3, -0.25) is 4.79 Å². The van der Waals surface area contributed by atoms with Gasteiger partial charge in [0.15, 0.2) is 0 Å². The van der Waals surface area contributed by atoms with Crippen molar-refractivity contribution in [1.82, 2.24) is 4.90 Å².